The highest BCUT2D eigenvalue weighted by molar-refractivity contribution is 4.89. The van der Waals surface area contributed by atoms with Gasteiger partial charge in [-0.2, -0.15) is 0 Å². The summed E-state index contributed by atoms with van der Waals surface area (Å²) in [7, 11) is 2.08. The van der Waals surface area contributed by atoms with Gasteiger partial charge in [-0.15, -0.1) is 0 Å². The second kappa shape index (κ2) is 6.33. The zero-order chi connectivity index (χ0) is 13.0. The molecule has 2 fully saturated rings. The number of piperidine rings is 1. The molecular formula is C14H29N3O. The van der Waals surface area contributed by atoms with Gasteiger partial charge in [0, 0.05) is 25.2 Å². The van der Waals surface area contributed by atoms with Gasteiger partial charge in [-0.3, -0.25) is 4.90 Å². The molecule has 1 N–H and O–H groups in total. The molecule has 0 aromatic carbocycles. The fourth-order valence-electron chi connectivity index (χ4n) is 2.95. The van der Waals surface area contributed by atoms with E-state index in [1.807, 2.05) is 0 Å². The number of ether oxygens (including phenoxy) is 1. The molecular weight excluding hydrogens is 226 g/mol. The van der Waals surface area contributed by atoms with Gasteiger partial charge in [0.2, 0.25) is 0 Å². The Balaban J connectivity index is 1.74. The summed E-state index contributed by atoms with van der Waals surface area (Å²) in [6, 6.07) is 0. The molecule has 0 aromatic rings. The highest BCUT2D eigenvalue weighted by Gasteiger charge is 2.30. The maximum Gasteiger partial charge on any atom is 0.0829 e. The topological polar surface area (TPSA) is 27.7 Å². The van der Waals surface area contributed by atoms with Crippen molar-refractivity contribution in [3.8, 4) is 0 Å². The van der Waals surface area contributed by atoms with E-state index in [9.17, 15) is 0 Å². The molecule has 0 radical (unpaired) electrons. The van der Waals surface area contributed by atoms with Crippen LogP contribution in [0, 0.1) is 0 Å². The van der Waals surface area contributed by atoms with E-state index < -0.39 is 0 Å². The number of hydrogen-bond acceptors (Lipinski definition) is 4. The number of morpholine rings is 1. The van der Waals surface area contributed by atoms with Gasteiger partial charge in [0.05, 0.1) is 12.7 Å². The third-order valence-electron chi connectivity index (χ3n) is 4.70. The summed E-state index contributed by atoms with van der Waals surface area (Å²) < 4.78 is 5.89. The molecule has 4 nitrogen and oxygen atoms in total. The van der Waals surface area contributed by atoms with Crippen molar-refractivity contribution in [2.24, 2.45) is 0 Å². The molecule has 0 bridgehead atoms. The molecule has 0 aromatic heterocycles. The predicted molar refractivity (Wildman–Crippen MR) is 75.0 cm³/mol. The zero-order valence-corrected chi connectivity index (χ0v) is 12.2. The first-order valence-electron chi connectivity index (χ1n) is 7.40. The first kappa shape index (κ1) is 14.3. The molecule has 2 aliphatic rings. The van der Waals surface area contributed by atoms with Crippen LogP contribution < -0.4 is 5.32 Å². The molecule has 4 heteroatoms. The summed E-state index contributed by atoms with van der Waals surface area (Å²) in [5.74, 6) is 0. The second-order valence-electron chi connectivity index (χ2n) is 6.00. The van der Waals surface area contributed by atoms with Crippen molar-refractivity contribution in [1.82, 2.24) is 15.1 Å². The van der Waals surface area contributed by atoms with Crippen molar-refractivity contribution in [3.63, 3.8) is 0 Å². The lowest BCUT2D eigenvalue weighted by molar-refractivity contribution is -0.0462. The van der Waals surface area contributed by atoms with E-state index in [-0.39, 0.29) is 0 Å². The standard InChI is InChI=1S/C14H29N3O/c1-4-16-9-10-18-13(11-16)12-17-7-5-14(2,15-3)6-8-17/h13,15H,4-12H2,1-3H3. The van der Waals surface area contributed by atoms with Crippen LogP contribution in [0.2, 0.25) is 0 Å². The molecule has 1 atom stereocenters. The lowest BCUT2D eigenvalue weighted by Gasteiger charge is -2.41. The predicted octanol–water partition coefficient (Wildman–Crippen LogP) is 0.781. The highest BCUT2D eigenvalue weighted by atomic mass is 16.5. The van der Waals surface area contributed by atoms with Crippen molar-refractivity contribution in [3.05, 3.63) is 0 Å². The lowest BCUT2D eigenvalue weighted by atomic mass is 9.90. The fourth-order valence-corrected chi connectivity index (χ4v) is 2.95. The number of nitrogens with one attached hydrogen (secondary N) is 1. The molecule has 0 saturated carbocycles. The monoisotopic (exact) mass is 255 g/mol. The summed E-state index contributed by atoms with van der Waals surface area (Å²) in [6.45, 7) is 12.3. The minimum Gasteiger partial charge on any atom is -0.374 e. The molecule has 106 valence electrons. The third-order valence-corrected chi connectivity index (χ3v) is 4.70. The Morgan fingerprint density at radius 2 is 1.94 bits per heavy atom. The van der Waals surface area contributed by atoms with Crippen LogP contribution in [0.15, 0.2) is 0 Å². The Kier molecular flexibility index (Phi) is 5.01. The molecule has 18 heavy (non-hydrogen) atoms. The van der Waals surface area contributed by atoms with E-state index in [0.717, 1.165) is 32.8 Å². The molecule has 2 saturated heterocycles. The first-order valence-corrected chi connectivity index (χ1v) is 7.40. The molecule has 2 rings (SSSR count). The van der Waals surface area contributed by atoms with Crippen LogP contribution in [0.3, 0.4) is 0 Å². The Bertz CT molecular complexity index is 251. The van der Waals surface area contributed by atoms with Crippen LogP contribution in [0.25, 0.3) is 0 Å². The average molecular weight is 255 g/mol. The van der Waals surface area contributed by atoms with Crippen molar-refractivity contribution in [1.29, 1.82) is 0 Å². The first-order chi connectivity index (χ1) is 8.65. The van der Waals surface area contributed by atoms with Crippen molar-refractivity contribution < 1.29 is 4.74 Å². The van der Waals surface area contributed by atoms with E-state index >= 15 is 0 Å². The quantitative estimate of drug-likeness (QED) is 0.803. The number of nitrogens with zero attached hydrogens (tertiary/aromatic N) is 2. The van der Waals surface area contributed by atoms with E-state index in [4.69, 9.17) is 4.74 Å². The summed E-state index contributed by atoms with van der Waals surface area (Å²) >= 11 is 0. The highest BCUT2D eigenvalue weighted by Crippen LogP contribution is 2.21. The van der Waals surface area contributed by atoms with Gasteiger partial charge >= 0.3 is 0 Å². The van der Waals surface area contributed by atoms with E-state index in [1.54, 1.807) is 0 Å². The summed E-state index contributed by atoms with van der Waals surface area (Å²) in [6.07, 6.45) is 2.90. The van der Waals surface area contributed by atoms with Crippen LogP contribution >= 0.6 is 0 Å². The fraction of sp³-hybridized carbons (Fsp3) is 1.00. The lowest BCUT2D eigenvalue weighted by Crippen LogP contribution is -2.53. The van der Waals surface area contributed by atoms with E-state index in [0.29, 0.717) is 11.6 Å². The zero-order valence-electron chi connectivity index (χ0n) is 12.2. The molecule has 2 aliphatic heterocycles. The Labute approximate surface area is 112 Å². The van der Waals surface area contributed by atoms with Gasteiger partial charge in [-0.1, -0.05) is 6.92 Å². The smallest absolute Gasteiger partial charge is 0.0829 e. The number of likely N-dealkylation sites (tertiary alicyclic amines) is 1. The Morgan fingerprint density at radius 3 is 2.56 bits per heavy atom. The van der Waals surface area contributed by atoms with Crippen LogP contribution in [-0.4, -0.2) is 74.4 Å². The average Bonchev–Trinajstić information content (AvgIpc) is 2.42. The maximum absolute atomic E-state index is 5.89. The minimum absolute atomic E-state index is 0.347. The van der Waals surface area contributed by atoms with Crippen LogP contribution in [0.4, 0.5) is 0 Å². The molecule has 1 unspecified atom stereocenters. The van der Waals surface area contributed by atoms with Gasteiger partial charge in [-0.25, -0.2) is 0 Å². The normalized spacial score (nSPS) is 30.5. The van der Waals surface area contributed by atoms with E-state index in [1.165, 1.54) is 25.9 Å². The molecule has 0 spiro atoms. The second-order valence-corrected chi connectivity index (χ2v) is 6.00. The number of hydrogen-bond donors (Lipinski definition) is 1. The SMILES string of the molecule is CCN1CCOC(CN2CCC(C)(NC)CC2)C1. The number of likely N-dealkylation sites (N-methyl/N-ethyl adjacent to an activating group) is 1. The third kappa shape index (κ3) is 3.67. The Hall–Kier alpha value is -0.160. The molecule has 0 aliphatic carbocycles. The largest absolute Gasteiger partial charge is 0.374 e. The molecule has 2 heterocycles. The van der Waals surface area contributed by atoms with Gasteiger partial charge in [0.25, 0.3) is 0 Å². The van der Waals surface area contributed by atoms with Crippen LogP contribution in [-0.2, 0) is 4.74 Å². The summed E-state index contributed by atoms with van der Waals surface area (Å²) in [5.41, 5.74) is 0.347. The van der Waals surface area contributed by atoms with Crippen molar-refractivity contribution >= 4 is 0 Å². The summed E-state index contributed by atoms with van der Waals surface area (Å²) in [5, 5.41) is 3.45. The van der Waals surface area contributed by atoms with Gasteiger partial charge in [0.1, 0.15) is 0 Å². The Morgan fingerprint density at radius 1 is 1.22 bits per heavy atom. The minimum atomic E-state index is 0.347. The van der Waals surface area contributed by atoms with Crippen molar-refractivity contribution in [2.45, 2.75) is 38.3 Å². The molecule has 0 amide bonds. The van der Waals surface area contributed by atoms with E-state index in [2.05, 4.69) is 36.0 Å². The van der Waals surface area contributed by atoms with Crippen LogP contribution in [0.5, 0.6) is 0 Å². The van der Waals surface area contributed by atoms with Gasteiger partial charge in [-0.05, 0) is 46.4 Å². The maximum atomic E-state index is 5.89. The van der Waals surface area contributed by atoms with Crippen molar-refractivity contribution in [2.75, 3.05) is 52.9 Å². The summed E-state index contributed by atoms with van der Waals surface area (Å²) in [4.78, 5) is 5.07. The number of rotatable bonds is 4. The van der Waals surface area contributed by atoms with Gasteiger partial charge < -0.3 is 15.0 Å². The van der Waals surface area contributed by atoms with Gasteiger partial charge in [0.15, 0.2) is 0 Å². The van der Waals surface area contributed by atoms with Crippen LogP contribution in [0.1, 0.15) is 26.7 Å².